The van der Waals surface area contributed by atoms with Gasteiger partial charge in [0.15, 0.2) is 5.76 Å². The smallest absolute Gasteiger partial charge is 0.241 e. The molecule has 7 heteroatoms. The fourth-order valence-electron chi connectivity index (χ4n) is 3.55. The third-order valence-corrected chi connectivity index (χ3v) is 4.95. The van der Waals surface area contributed by atoms with Crippen LogP contribution < -0.4 is 0 Å². The zero-order valence-corrected chi connectivity index (χ0v) is 14.3. The van der Waals surface area contributed by atoms with Gasteiger partial charge in [0.2, 0.25) is 11.7 Å². The zero-order chi connectivity index (χ0) is 17.3. The fraction of sp³-hybridized carbons (Fsp3) is 0.316. The van der Waals surface area contributed by atoms with Crippen LogP contribution in [0.1, 0.15) is 30.5 Å². The largest absolute Gasteiger partial charge is 0.461 e. The molecular formula is C19H19N5O2. The van der Waals surface area contributed by atoms with Crippen molar-refractivity contribution in [3.63, 3.8) is 0 Å². The molecule has 1 N–H and O–H groups in total. The molecule has 1 aliphatic heterocycles. The number of aromatic nitrogens is 4. The molecule has 3 aromatic heterocycles. The van der Waals surface area contributed by atoms with Crippen LogP contribution in [0.2, 0.25) is 0 Å². The minimum Gasteiger partial charge on any atom is -0.461 e. The summed E-state index contributed by atoms with van der Waals surface area (Å²) < 4.78 is 10.7. The number of nitrogens with one attached hydrogen (secondary N) is 1. The second-order valence-corrected chi connectivity index (χ2v) is 6.68. The molecule has 1 fully saturated rings. The molecule has 0 amide bonds. The van der Waals surface area contributed by atoms with Gasteiger partial charge in [0.05, 0.1) is 23.8 Å². The number of para-hydroxylation sites is 2. The van der Waals surface area contributed by atoms with Crippen molar-refractivity contribution in [1.82, 2.24) is 25.0 Å². The number of piperidine rings is 1. The van der Waals surface area contributed by atoms with Crippen LogP contribution in [0.5, 0.6) is 0 Å². The third-order valence-electron chi connectivity index (χ3n) is 4.95. The van der Waals surface area contributed by atoms with Gasteiger partial charge in [-0.15, -0.1) is 0 Å². The van der Waals surface area contributed by atoms with Gasteiger partial charge in [0.25, 0.3) is 0 Å². The van der Waals surface area contributed by atoms with Gasteiger partial charge in [-0.25, -0.2) is 4.98 Å². The molecule has 0 spiro atoms. The zero-order valence-electron chi connectivity index (χ0n) is 14.3. The van der Waals surface area contributed by atoms with E-state index in [1.165, 1.54) is 0 Å². The minimum atomic E-state index is 0.472. The summed E-state index contributed by atoms with van der Waals surface area (Å²) in [6, 6.07) is 11.8. The lowest BCUT2D eigenvalue weighted by Crippen LogP contribution is -2.32. The molecule has 0 atom stereocenters. The number of rotatable bonds is 4. The summed E-state index contributed by atoms with van der Waals surface area (Å²) in [6.07, 6.45) is 3.74. The molecule has 4 aromatic rings. The highest BCUT2D eigenvalue weighted by Crippen LogP contribution is 2.28. The predicted octanol–water partition coefficient (Wildman–Crippen LogP) is 3.59. The Kier molecular flexibility index (Phi) is 3.79. The highest BCUT2D eigenvalue weighted by Gasteiger charge is 2.24. The van der Waals surface area contributed by atoms with E-state index >= 15 is 0 Å². The summed E-state index contributed by atoms with van der Waals surface area (Å²) in [6.45, 7) is 2.64. The Labute approximate surface area is 150 Å². The molecule has 0 bridgehead atoms. The number of nitrogens with zero attached hydrogens (tertiary/aromatic N) is 4. The minimum absolute atomic E-state index is 0.472. The molecular weight excluding hydrogens is 330 g/mol. The Morgan fingerprint density at radius 1 is 1.08 bits per heavy atom. The fourth-order valence-corrected chi connectivity index (χ4v) is 3.55. The lowest BCUT2D eigenvalue weighted by molar-refractivity contribution is 0.179. The van der Waals surface area contributed by atoms with Crippen molar-refractivity contribution in [1.29, 1.82) is 0 Å². The van der Waals surface area contributed by atoms with Gasteiger partial charge in [-0.3, -0.25) is 4.90 Å². The molecule has 0 aliphatic carbocycles. The summed E-state index contributed by atoms with van der Waals surface area (Å²) in [5.74, 6) is 3.33. The van der Waals surface area contributed by atoms with Crippen LogP contribution in [0.15, 0.2) is 51.6 Å². The molecule has 0 unspecified atom stereocenters. The van der Waals surface area contributed by atoms with Crippen LogP contribution in [0.25, 0.3) is 22.6 Å². The molecule has 0 radical (unpaired) electrons. The Hall–Kier alpha value is -2.93. The van der Waals surface area contributed by atoms with E-state index in [0.717, 1.165) is 42.8 Å². The van der Waals surface area contributed by atoms with Crippen molar-refractivity contribution in [2.24, 2.45) is 0 Å². The highest BCUT2D eigenvalue weighted by molar-refractivity contribution is 5.74. The highest BCUT2D eigenvalue weighted by atomic mass is 16.5. The second-order valence-electron chi connectivity index (χ2n) is 6.68. The van der Waals surface area contributed by atoms with Gasteiger partial charge in [0, 0.05) is 5.92 Å². The van der Waals surface area contributed by atoms with E-state index < -0.39 is 0 Å². The van der Waals surface area contributed by atoms with Crippen molar-refractivity contribution in [3.8, 4) is 11.6 Å². The molecule has 1 saturated heterocycles. The number of furan rings is 1. The number of likely N-dealkylation sites (tertiary alicyclic amines) is 1. The third kappa shape index (κ3) is 2.90. The first-order chi connectivity index (χ1) is 12.8. The number of H-pyrrole nitrogens is 1. The van der Waals surface area contributed by atoms with Crippen molar-refractivity contribution in [2.75, 3.05) is 13.1 Å². The molecule has 26 heavy (non-hydrogen) atoms. The number of aromatic amines is 1. The Morgan fingerprint density at radius 3 is 2.77 bits per heavy atom. The van der Waals surface area contributed by atoms with Crippen LogP contribution >= 0.6 is 0 Å². The van der Waals surface area contributed by atoms with Crippen molar-refractivity contribution in [2.45, 2.75) is 25.3 Å². The summed E-state index contributed by atoms with van der Waals surface area (Å²) in [5.41, 5.74) is 2.16. The van der Waals surface area contributed by atoms with Gasteiger partial charge in [0.1, 0.15) is 5.82 Å². The van der Waals surface area contributed by atoms with Crippen molar-refractivity contribution < 1.29 is 8.94 Å². The van der Waals surface area contributed by atoms with E-state index in [0.29, 0.717) is 29.9 Å². The molecule has 7 nitrogen and oxygen atoms in total. The first-order valence-corrected chi connectivity index (χ1v) is 8.88. The molecule has 0 saturated carbocycles. The second kappa shape index (κ2) is 6.42. The SMILES string of the molecule is c1coc(-c2noc(CN3CCC(c4nc5ccccc5[nH]4)CC3)n2)c1. The monoisotopic (exact) mass is 349 g/mol. The Balaban J connectivity index is 1.22. The quantitative estimate of drug-likeness (QED) is 0.606. The van der Waals surface area contributed by atoms with Gasteiger partial charge >= 0.3 is 0 Å². The summed E-state index contributed by atoms with van der Waals surface area (Å²) in [7, 11) is 0. The lowest BCUT2D eigenvalue weighted by atomic mass is 9.96. The van der Waals surface area contributed by atoms with Gasteiger partial charge in [-0.2, -0.15) is 4.98 Å². The maximum atomic E-state index is 5.36. The van der Waals surface area contributed by atoms with Crippen LogP contribution in [0.4, 0.5) is 0 Å². The lowest BCUT2D eigenvalue weighted by Gasteiger charge is -2.29. The van der Waals surface area contributed by atoms with Crippen LogP contribution in [-0.4, -0.2) is 38.1 Å². The standard InChI is InChI=1S/C19H19N5O2/c1-2-5-15-14(4-1)20-18(21-15)13-7-9-24(10-8-13)12-17-22-19(23-26-17)16-6-3-11-25-16/h1-6,11,13H,7-10,12H2,(H,20,21). The maximum absolute atomic E-state index is 5.36. The summed E-state index contributed by atoms with van der Waals surface area (Å²) in [4.78, 5) is 15.0. The van der Waals surface area contributed by atoms with Crippen molar-refractivity contribution in [3.05, 3.63) is 54.4 Å². The first kappa shape index (κ1) is 15.3. The van der Waals surface area contributed by atoms with E-state index in [-0.39, 0.29) is 0 Å². The van der Waals surface area contributed by atoms with Crippen LogP contribution in [0.3, 0.4) is 0 Å². The van der Waals surface area contributed by atoms with E-state index in [1.807, 2.05) is 24.3 Å². The predicted molar refractivity (Wildman–Crippen MR) is 95.3 cm³/mol. The number of hydrogen-bond donors (Lipinski definition) is 1. The maximum Gasteiger partial charge on any atom is 0.241 e. The molecule has 1 aromatic carbocycles. The Bertz CT molecular complexity index is 963. The van der Waals surface area contributed by atoms with Gasteiger partial charge in [-0.05, 0) is 50.2 Å². The average Bonchev–Trinajstić information content (AvgIpc) is 3.42. The normalized spacial score (nSPS) is 16.5. The topological polar surface area (TPSA) is 84.0 Å². The van der Waals surface area contributed by atoms with Crippen molar-refractivity contribution >= 4 is 11.0 Å². The molecule has 4 heterocycles. The van der Waals surface area contributed by atoms with E-state index in [9.17, 15) is 0 Å². The average molecular weight is 349 g/mol. The first-order valence-electron chi connectivity index (χ1n) is 8.88. The van der Waals surface area contributed by atoms with E-state index in [1.54, 1.807) is 6.26 Å². The van der Waals surface area contributed by atoms with Crippen LogP contribution in [0, 0.1) is 0 Å². The van der Waals surface area contributed by atoms with E-state index in [4.69, 9.17) is 13.9 Å². The summed E-state index contributed by atoms with van der Waals surface area (Å²) >= 11 is 0. The molecule has 132 valence electrons. The number of fused-ring (bicyclic) bond motifs is 1. The van der Waals surface area contributed by atoms with Gasteiger partial charge < -0.3 is 13.9 Å². The van der Waals surface area contributed by atoms with Gasteiger partial charge in [-0.1, -0.05) is 17.3 Å². The summed E-state index contributed by atoms with van der Waals surface area (Å²) in [5, 5.41) is 3.99. The molecule has 1 aliphatic rings. The molecule has 5 rings (SSSR count). The Morgan fingerprint density at radius 2 is 1.96 bits per heavy atom. The number of imidazole rings is 1. The van der Waals surface area contributed by atoms with E-state index in [2.05, 4.69) is 32.2 Å². The number of benzene rings is 1. The number of hydrogen-bond acceptors (Lipinski definition) is 6. The van der Waals surface area contributed by atoms with Crippen LogP contribution in [-0.2, 0) is 6.54 Å².